The SMILES string of the molecule is CC.CC.CC(=O)c1ccc(N2C(=O)C3=C(C)C=CCC3C2=O)cc1.CC1=C2C(=O)N(c3ccc(C(=O)Nc4ccc(N=Nc5ccccc5)cc4)cc3)C(=O)C2CC=C1. The number of nitrogens with one attached hydrogen (secondary N) is 1. The number of anilines is 3. The lowest BCUT2D eigenvalue weighted by atomic mass is 9.89. The number of imide groups is 2. The van der Waals surface area contributed by atoms with Crippen molar-refractivity contribution in [3.05, 3.63) is 161 Å². The minimum absolute atomic E-state index is 0.0444. The zero-order valence-electron chi connectivity index (χ0n) is 34.9. The van der Waals surface area contributed by atoms with Gasteiger partial charge in [-0.15, -0.1) is 0 Å². The van der Waals surface area contributed by atoms with Crippen LogP contribution in [0, 0.1) is 11.8 Å². The Morgan fingerprint density at radius 3 is 1.40 bits per heavy atom. The van der Waals surface area contributed by atoms with E-state index in [0.29, 0.717) is 57.9 Å². The number of fused-ring (bicyclic) bond motifs is 2. The van der Waals surface area contributed by atoms with Crippen LogP contribution in [0.4, 0.5) is 28.4 Å². The van der Waals surface area contributed by atoms with Crippen molar-refractivity contribution in [2.45, 2.75) is 61.3 Å². The van der Waals surface area contributed by atoms with Gasteiger partial charge in [0.2, 0.25) is 11.8 Å². The Morgan fingerprint density at radius 2 is 0.983 bits per heavy atom. The number of carbonyl (C=O) groups excluding carboxylic acids is 6. The number of rotatable bonds is 7. The van der Waals surface area contributed by atoms with Crippen molar-refractivity contribution in [3.63, 3.8) is 0 Å². The first kappa shape index (κ1) is 44.0. The molecular formula is C49H49N5O6. The Hall–Kier alpha value is -7.14. The molecule has 0 radical (unpaired) electrons. The van der Waals surface area contributed by atoms with E-state index in [1.807, 2.05) is 96.2 Å². The Balaban J connectivity index is 0.000000233. The van der Waals surface area contributed by atoms with Gasteiger partial charge in [0.15, 0.2) is 5.78 Å². The summed E-state index contributed by atoms with van der Waals surface area (Å²) in [7, 11) is 0. The van der Waals surface area contributed by atoms with Gasteiger partial charge in [-0.3, -0.25) is 28.8 Å². The molecule has 4 aromatic carbocycles. The maximum Gasteiger partial charge on any atom is 0.262 e. The highest BCUT2D eigenvalue weighted by atomic mass is 16.2. The molecule has 2 unspecified atom stereocenters. The Bertz CT molecular complexity index is 2430. The average Bonchev–Trinajstić information content (AvgIpc) is 3.70. The summed E-state index contributed by atoms with van der Waals surface area (Å²) in [5.74, 6) is -2.08. The summed E-state index contributed by atoms with van der Waals surface area (Å²) in [4.78, 5) is 77.2. The van der Waals surface area contributed by atoms with Gasteiger partial charge >= 0.3 is 0 Å². The highest BCUT2D eigenvalue weighted by Gasteiger charge is 2.46. The van der Waals surface area contributed by atoms with Gasteiger partial charge in [0.1, 0.15) is 0 Å². The van der Waals surface area contributed by atoms with Crippen LogP contribution in [0.15, 0.2) is 160 Å². The monoisotopic (exact) mass is 803 g/mol. The molecule has 8 rings (SSSR count). The third kappa shape index (κ3) is 9.42. The van der Waals surface area contributed by atoms with Gasteiger partial charge in [-0.1, -0.05) is 70.2 Å². The molecule has 0 bridgehead atoms. The van der Waals surface area contributed by atoms with Crippen molar-refractivity contribution < 1.29 is 28.8 Å². The first-order valence-corrected chi connectivity index (χ1v) is 20.1. The molecule has 4 aromatic rings. The number of hydrogen-bond donors (Lipinski definition) is 1. The van der Waals surface area contributed by atoms with E-state index < -0.39 is 5.92 Å². The average molecular weight is 804 g/mol. The number of nitrogens with zero attached hydrogens (tertiary/aromatic N) is 4. The second kappa shape index (κ2) is 20.0. The molecule has 60 heavy (non-hydrogen) atoms. The van der Waals surface area contributed by atoms with Gasteiger partial charge in [0.05, 0.1) is 34.6 Å². The van der Waals surface area contributed by atoms with Gasteiger partial charge in [0, 0.05) is 28.0 Å². The first-order chi connectivity index (χ1) is 29.0. The van der Waals surface area contributed by atoms with E-state index in [0.717, 1.165) is 16.8 Å². The number of ketones is 1. The number of carbonyl (C=O) groups is 6. The largest absolute Gasteiger partial charge is 0.322 e. The molecule has 4 aliphatic rings. The van der Waals surface area contributed by atoms with E-state index in [2.05, 4.69) is 15.5 Å². The van der Waals surface area contributed by atoms with Crippen LogP contribution in [0.5, 0.6) is 0 Å². The topological polar surface area (TPSA) is 146 Å². The predicted octanol–water partition coefficient (Wildman–Crippen LogP) is 10.8. The molecule has 11 nitrogen and oxygen atoms in total. The molecule has 306 valence electrons. The molecule has 2 fully saturated rings. The molecular weight excluding hydrogens is 755 g/mol. The van der Waals surface area contributed by atoms with Gasteiger partial charge in [0.25, 0.3) is 17.7 Å². The molecule has 11 heteroatoms. The summed E-state index contributed by atoms with van der Waals surface area (Å²) in [6.07, 6.45) is 8.72. The molecule has 1 N–H and O–H groups in total. The molecule has 0 saturated carbocycles. The fourth-order valence-electron chi connectivity index (χ4n) is 7.08. The van der Waals surface area contributed by atoms with Gasteiger partial charge in [-0.25, -0.2) is 9.80 Å². The zero-order chi connectivity index (χ0) is 43.5. The van der Waals surface area contributed by atoms with E-state index in [1.54, 1.807) is 72.8 Å². The summed E-state index contributed by atoms with van der Waals surface area (Å²) in [5, 5.41) is 11.2. The fraction of sp³-hybridized carbons (Fsp3) is 0.224. The number of benzene rings is 4. The molecule has 2 atom stereocenters. The van der Waals surface area contributed by atoms with E-state index in [-0.39, 0.29) is 41.2 Å². The lowest BCUT2D eigenvalue weighted by Crippen LogP contribution is -2.30. The minimum Gasteiger partial charge on any atom is -0.322 e. The van der Waals surface area contributed by atoms with Crippen LogP contribution in [0.1, 0.15) is 82.0 Å². The van der Waals surface area contributed by atoms with Crippen LogP contribution < -0.4 is 15.1 Å². The van der Waals surface area contributed by atoms with Crippen LogP contribution in [-0.2, 0) is 19.2 Å². The highest BCUT2D eigenvalue weighted by molar-refractivity contribution is 6.30. The third-order valence-corrected chi connectivity index (χ3v) is 10.0. The molecule has 2 heterocycles. The summed E-state index contributed by atoms with van der Waals surface area (Å²) >= 11 is 0. The first-order valence-electron chi connectivity index (χ1n) is 20.1. The highest BCUT2D eigenvalue weighted by Crippen LogP contribution is 2.38. The summed E-state index contributed by atoms with van der Waals surface area (Å²) in [6, 6.07) is 29.5. The van der Waals surface area contributed by atoms with Crippen LogP contribution in [0.2, 0.25) is 0 Å². The van der Waals surface area contributed by atoms with Gasteiger partial charge in [-0.2, -0.15) is 10.2 Å². The second-order valence-electron chi connectivity index (χ2n) is 13.7. The molecule has 5 amide bonds. The number of amides is 5. The minimum atomic E-state index is -0.425. The van der Waals surface area contributed by atoms with E-state index in [4.69, 9.17) is 0 Å². The maximum atomic E-state index is 12.9. The quantitative estimate of drug-likeness (QED) is 0.112. The fourth-order valence-corrected chi connectivity index (χ4v) is 7.08. The van der Waals surface area contributed by atoms with Crippen molar-refractivity contribution in [2.75, 3.05) is 15.1 Å². The predicted molar refractivity (Wildman–Crippen MR) is 235 cm³/mol. The van der Waals surface area contributed by atoms with Crippen molar-refractivity contribution in [3.8, 4) is 0 Å². The molecule has 2 aliphatic heterocycles. The molecule has 0 aromatic heterocycles. The normalized spacial score (nSPS) is 17.6. The number of azo groups is 1. The van der Waals surface area contributed by atoms with Gasteiger partial charge in [-0.05, 0) is 130 Å². The zero-order valence-corrected chi connectivity index (χ0v) is 34.9. The molecule has 2 saturated heterocycles. The number of allylic oxidation sites excluding steroid dienone is 6. The number of hydrogen-bond acceptors (Lipinski definition) is 8. The van der Waals surface area contributed by atoms with Crippen molar-refractivity contribution in [2.24, 2.45) is 22.1 Å². The Labute approximate surface area is 350 Å². The summed E-state index contributed by atoms with van der Waals surface area (Å²) < 4.78 is 0. The van der Waals surface area contributed by atoms with Crippen molar-refractivity contribution in [1.29, 1.82) is 0 Å². The van der Waals surface area contributed by atoms with E-state index in [1.165, 1.54) is 16.7 Å². The Kier molecular flexibility index (Phi) is 14.7. The van der Waals surface area contributed by atoms with Gasteiger partial charge < -0.3 is 5.32 Å². The number of Topliss-reactive ketones (excluding diaryl/α,β-unsaturated/α-hetero) is 1. The van der Waals surface area contributed by atoms with Crippen LogP contribution in [0.25, 0.3) is 0 Å². The van der Waals surface area contributed by atoms with Crippen LogP contribution in [0.3, 0.4) is 0 Å². The molecule has 2 aliphatic carbocycles. The smallest absolute Gasteiger partial charge is 0.262 e. The lowest BCUT2D eigenvalue weighted by molar-refractivity contribution is -0.123. The van der Waals surface area contributed by atoms with Crippen molar-refractivity contribution in [1.82, 2.24) is 0 Å². The second-order valence-corrected chi connectivity index (χ2v) is 13.7. The lowest BCUT2D eigenvalue weighted by Gasteiger charge is -2.14. The molecule has 0 spiro atoms. The third-order valence-electron chi connectivity index (χ3n) is 10.0. The Morgan fingerprint density at radius 1 is 0.567 bits per heavy atom. The van der Waals surface area contributed by atoms with E-state index >= 15 is 0 Å². The maximum absolute atomic E-state index is 12.9. The summed E-state index contributed by atoms with van der Waals surface area (Å²) in [6.45, 7) is 13.2. The summed E-state index contributed by atoms with van der Waals surface area (Å²) in [5.41, 5.74) is 6.82. The van der Waals surface area contributed by atoms with Crippen LogP contribution >= 0.6 is 0 Å². The van der Waals surface area contributed by atoms with Crippen molar-refractivity contribution >= 4 is 63.8 Å². The standard InChI is InChI=1S/C28H22N4O3.C17H15NO3.2C2H6/c1-18-6-5-9-24-25(18)28(35)32(27(24)34)23-16-10-19(11-17-23)26(33)29-20-12-14-22(15-13-20)31-30-21-7-3-2-4-8-21;1-10-4-3-5-14-15(10)17(21)18(16(14)20)13-8-6-12(7-9-13)11(2)19;2*1-2/h2-8,10-17,24H,9H2,1H3,(H,29,33);3-4,6-9,14H,5H2,1-2H3;2*1-2H3. The van der Waals surface area contributed by atoms with Crippen LogP contribution in [-0.4, -0.2) is 35.3 Å². The van der Waals surface area contributed by atoms with E-state index in [9.17, 15) is 28.8 Å².